The van der Waals surface area contributed by atoms with Gasteiger partial charge in [0.15, 0.2) is 5.01 Å². The Labute approximate surface area is 101 Å². The predicted octanol–water partition coefficient (Wildman–Crippen LogP) is 1.44. The monoisotopic (exact) mass is 247 g/mol. The van der Waals surface area contributed by atoms with Crippen molar-refractivity contribution in [3.8, 4) is 16.3 Å². The van der Waals surface area contributed by atoms with Crippen LogP contribution in [0.4, 0.5) is 5.69 Å². The van der Waals surface area contributed by atoms with Crippen molar-refractivity contribution in [1.29, 1.82) is 0 Å². The van der Waals surface area contributed by atoms with Gasteiger partial charge in [0.05, 0.1) is 12.7 Å². The highest BCUT2D eigenvalue weighted by Crippen LogP contribution is 2.33. The van der Waals surface area contributed by atoms with E-state index in [4.69, 9.17) is 10.5 Å². The number of fused-ring (bicyclic) bond motifs is 1. The molecule has 3 aromatic rings. The summed E-state index contributed by atoms with van der Waals surface area (Å²) in [6.07, 6.45) is 1.56. The average molecular weight is 247 g/mol. The fraction of sp³-hybridized carbons (Fsp3) is 0.100. The molecular weight excluding hydrogens is 238 g/mol. The predicted molar refractivity (Wildman–Crippen MR) is 65.1 cm³/mol. The van der Waals surface area contributed by atoms with Crippen LogP contribution in [0.1, 0.15) is 0 Å². The van der Waals surface area contributed by atoms with Gasteiger partial charge in [0.1, 0.15) is 12.1 Å². The van der Waals surface area contributed by atoms with Crippen LogP contribution in [0.2, 0.25) is 0 Å². The van der Waals surface area contributed by atoms with Crippen molar-refractivity contribution < 1.29 is 4.74 Å². The molecule has 1 aromatic carbocycles. The molecule has 17 heavy (non-hydrogen) atoms. The summed E-state index contributed by atoms with van der Waals surface area (Å²) < 4.78 is 6.92. The van der Waals surface area contributed by atoms with Gasteiger partial charge in [0.2, 0.25) is 4.96 Å². The highest BCUT2D eigenvalue weighted by molar-refractivity contribution is 7.19. The van der Waals surface area contributed by atoms with E-state index in [-0.39, 0.29) is 0 Å². The molecule has 0 radical (unpaired) electrons. The number of nitrogens with zero attached hydrogens (tertiary/aromatic N) is 4. The summed E-state index contributed by atoms with van der Waals surface area (Å²) >= 11 is 1.44. The van der Waals surface area contributed by atoms with Crippen LogP contribution in [0.25, 0.3) is 15.5 Å². The molecule has 0 saturated carbocycles. The van der Waals surface area contributed by atoms with Gasteiger partial charge in [-0.25, -0.2) is 0 Å². The average Bonchev–Trinajstić information content (AvgIpc) is 2.88. The summed E-state index contributed by atoms with van der Waals surface area (Å²) in [5.74, 6) is 0.740. The normalized spacial score (nSPS) is 10.9. The van der Waals surface area contributed by atoms with Gasteiger partial charge in [-0.1, -0.05) is 11.3 Å². The molecule has 7 heteroatoms. The van der Waals surface area contributed by atoms with Crippen molar-refractivity contribution in [2.24, 2.45) is 0 Å². The third-order valence-corrected chi connectivity index (χ3v) is 3.29. The van der Waals surface area contributed by atoms with E-state index in [1.165, 1.54) is 11.3 Å². The minimum atomic E-state index is 0.673. The van der Waals surface area contributed by atoms with E-state index in [2.05, 4.69) is 15.3 Å². The Morgan fingerprint density at radius 3 is 3.06 bits per heavy atom. The minimum Gasteiger partial charge on any atom is -0.496 e. The summed E-state index contributed by atoms with van der Waals surface area (Å²) in [5.41, 5.74) is 7.31. The van der Waals surface area contributed by atoms with Gasteiger partial charge in [-0.2, -0.15) is 9.61 Å². The van der Waals surface area contributed by atoms with E-state index in [0.29, 0.717) is 5.69 Å². The van der Waals surface area contributed by atoms with Gasteiger partial charge in [-0.3, -0.25) is 0 Å². The summed E-state index contributed by atoms with van der Waals surface area (Å²) in [5, 5.41) is 12.9. The number of nitrogen functional groups attached to an aromatic ring is 1. The van der Waals surface area contributed by atoms with Crippen molar-refractivity contribution in [3.63, 3.8) is 0 Å². The lowest BCUT2D eigenvalue weighted by atomic mass is 10.2. The van der Waals surface area contributed by atoms with Crippen LogP contribution in [-0.4, -0.2) is 26.9 Å². The maximum absolute atomic E-state index is 5.78. The van der Waals surface area contributed by atoms with Crippen LogP contribution in [0, 0.1) is 0 Å². The molecule has 0 aliphatic rings. The summed E-state index contributed by atoms with van der Waals surface area (Å²) in [4.78, 5) is 0.740. The first-order valence-electron chi connectivity index (χ1n) is 4.88. The summed E-state index contributed by atoms with van der Waals surface area (Å²) in [6, 6.07) is 5.46. The van der Waals surface area contributed by atoms with Crippen LogP contribution in [0.5, 0.6) is 5.75 Å². The number of ether oxygens (including phenoxy) is 1. The summed E-state index contributed by atoms with van der Waals surface area (Å²) in [6.45, 7) is 0. The molecule has 6 nitrogen and oxygen atoms in total. The van der Waals surface area contributed by atoms with E-state index < -0.39 is 0 Å². The highest BCUT2D eigenvalue weighted by atomic mass is 32.1. The van der Waals surface area contributed by atoms with E-state index >= 15 is 0 Å². The first kappa shape index (κ1) is 10.0. The molecule has 86 valence electrons. The van der Waals surface area contributed by atoms with E-state index in [1.807, 2.05) is 12.1 Å². The van der Waals surface area contributed by atoms with E-state index in [9.17, 15) is 0 Å². The second kappa shape index (κ2) is 3.70. The Morgan fingerprint density at radius 1 is 1.41 bits per heavy atom. The molecule has 2 N–H and O–H groups in total. The largest absolute Gasteiger partial charge is 0.496 e. The fourth-order valence-electron chi connectivity index (χ4n) is 1.56. The number of rotatable bonds is 2. The van der Waals surface area contributed by atoms with Crippen molar-refractivity contribution in [2.45, 2.75) is 0 Å². The number of nitrogens with two attached hydrogens (primary N) is 1. The molecule has 3 rings (SSSR count). The first-order valence-corrected chi connectivity index (χ1v) is 5.70. The highest BCUT2D eigenvalue weighted by Gasteiger charge is 2.12. The zero-order valence-corrected chi connectivity index (χ0v) is 9.81. The second-order valence-electron chi connectivity index (χ2n) is 3.43. The number of hydrogen-bond acceptors (Lipinski definition) is 6. The number of methoxy groups -OCH3 is 1. The van der Waals surface area contributed by atoms with Gasteiger partial charge >= 0.3 is 0 Å². The lowest BCUT2D eigenvalue weighted by Gasteiger charge is -2.05. The number of benzene rings is 1. The molecule has 0 aliphatic heterocycles. The van der Waals surface area contributed by atoms with Gasteiger partial charge in [0, 0.05) is 5.69 Å². The zero-order chi connectivity index (χ0) is 11.8. The van der Waals surface area contributed by atoms with Gasteiger partial charge in [-0.15, -0.1) is 10.2 Å². The smallest absolute Gasteiger partial charge is 0.234 e. The number of hydrogen-bond donors (Lipinski definition) is 1. The lowest BCUT2D eigenvalue weighted by molar-refractivity contribution is 0.416. The molecule has 0 spiro atoms. The molecular formula is C10H9N5OS. The van der Waals surface area contributed by atoms with Crippen molar-refractivity contribution in [1.82, 2.24) is 19.8 Å². The van der Waals surface area contributed by atoms with Gasteiger partial charge in [0.25, 0.3) is 0 Å². The molecule has 0 fully saturated rings. The maximum Gasteiger partial charge on any atom is 0.234 e. The van der Waals surface area contributed by atoms with Gasteiger partial charge in [-0.05, 0) is 18.2 Å². The quantitative estimate of drug-likeness (QED) is 0.693. The molecule has 0 bridgehead atoms. The SMILES string of the molecule is COc1ccc(N)cc1-c1nn2cnnc2s1. The topological polar surface area (TPSA) is 78.3 Å². The number of anilines is 1. The molecule has 2 heterocycles. The van der Waals surface area contributed by atoms with Crippen molar-refractivity contribution in [2.75, 3.05) is 12.8 Å². The first-order chi connectivity index (χ1) is 8.28. The van der Waals surface area contributed by atoms with Crippen LogP contribution in [0.15, 0.2) is 24.5 Å². The Morgan fingerprint density at radius 2 is 2.29 bits per heavy atom. The Hall–Kier alpha value is -2.15. The maximum atomic E-state index is 5.78. The Kier molecular flexibility index (Phi) is 2.19. The minimum absolute atomic E-state index is 0.673. The van der Waals surface area contributed by atoms with E-state index in [0.717, 1.165) is 21.3 Å². The third kappa shape index (κ3) is 1.60. The third-order valence-electron chi connectivity index (χ3n) is 2.34. The van der Waals surface area contributed by atoms with Crippen LogP contribution in [-0.2, 0) is 0 Å². The number of aromatic nitrogens is 4. The van der Waals surface area contributed by atoms with Gasteiger partial charge < -0.3 is 10.5 Å². The standard InChI is InChI=1S/C10H9N5OS/c1-16-8-3-2-6(11)4-7(8)9-14-15-5-12-13-10(15)17-9/h2-5H,11H2,1H3. The molecule has 2 aromatic heterocycles. The van der Waals surface area contributed by atoms with Crippen LogP contribution < -0.4 is 10.5 Å². The molecule has 0 amide bonds. The summed E-state index contributed by atoms with van der Waals surface area (Å²) in [7, 11) is 1.62. The fourth-order valence-corrected chi connectivity index (χ4v) is 2.40. The molecule has 0 unspecified atom stereocenters. The van der Waals surface area contributed by atoms with Crippen molar-refractivity contribution in [3.05, 3.63) is 24.5 Å². The van der Waals surface area contributed by atoms with Crippen molar-refractivity contribution >= 4 is 22.0 Å². The second-order valence-corrected chi connectivity index (χ2v) is 4.38. The molecule has 0 atom stereocenters. The lowest BCUT2D eigenvalue weighted by Crippen LogP contribution is -1.91. The van der Waals surface area contributed by atoms with E-state index in [1.54, 1.807) is 24.0 Å². The Bertz CT molecular complexity index is 646. The molecule has 0 aliphatic carbocycles. The Balaban J connectivity index is 2.20. The zero-order valence-electron chi connectivity index (χ0n) is 8.99. The van der Waals surface area contributed by atoms with Crippen LogP contribution in [0.3, 0.4) is 0 Å². The van der Waals surface area contributed by atoms with Crippen LogP contribution >= 0.6 is 11.3 Å². The molecule has 0 saturated heterocycles.